The van der Waals surface area contributed by atoms with Gasteiger partial charge >= 0.3 is 169 Å². The quantitative estimate of drug-likeness (QED) is 0.125. The normalized spacial score (nSPS) is 9.35. The molecule has 0 atom stereocenters. The average Bonchev–Trinajstić information content (AvgIpc) is 1.79. The van der Waals surface area contributed by atoms with E-state index in [1.54, 1.807) is 0 Å². The molecular formula is Co2K2Ni2O20S5. The molecule has 31 heavy (non-hydrogen) atoms. The zero-order valence-electron chi connectivity index (χ0n) is 13.5. The first-order valence-corrected chi connectivity index (χ1v) is 10.0. The first-order valence-electron chi connectivity index (χ1n) is 3.33. The predicted octanol–water partition coefficient (Wildman–Crippen LogP) is -12.7. The van der Waals surface area contributed by atoms with Gasteiger partial charge in [0.05, 0.1) is 0 Å². The summed E-state index contributed by atoms with van der Waals surface area (Å²) in [6.07, 6.45) is 0. The van der Waals surface area contributed by atoms with Crippen LogP contribution in [0.25, 0.3) is 0 Å². The molecule has 0 saturated heterocycles. The molecule has 31 heteroatoms. The Morgan fingerprint density at radius 1 is 0.290 bits per heavy atom. The van der Waals surface area contributed by atoms with Crippen LogP contribution in [0, 0.1) is 0 Å². The molecule has 0 heterocycles. The number of rotatable bonds is 0. The van der Waals surface area contributed by atoms with Gasteiger partial charge in [-0.2, -0.15) is 0 Å². The minimum atomic E-state index is -5.17. The van der Waals surface area contributed by atoms with E-state index in [0.29, 0.717) is 0 Å². The molecule has 2 radical (unpaired) electrons. The summed E-state index contributed by atoms with van der Waals surface area (Å²) in [5, 5.41) is 0. The Hall–Kier alpha value is 4.62. The molecule has 0 saturated carbocycles. The third kappa shape index (κ3) is 1720. The molecule has 190 valence electrons. The minimum absolute atomic E-state index is 0. The molecule has 0 aliphatic rings. The molecule has 0 rings (SSSR count). The SMILES string of the molecule is O=S(=O)([O-])[O-].O=S(=O)([O-])[O-].O=S(=O)([O-])[O-].O=S(=O)([O-])[O-].O=S(=O)([O-])[O-].[Co+2].[Co+2].[K+].[K+].[Ni+2].[Ni+2]. The van der Waals surface area contributed by atoms with Crippen LogP contribution in [0.3, 0.4) is 0 Å². The van der Waals surface area contributed by atoms with Crippen molar-refractivity contribution in [1.82, 2.24) is 0 Å². The van der Waals surface area contributed by atoms with Crippen LogP contribution in [0.2, 0.25) is 0 Å². The summed E-state index contributed by atoms with van der Waals surface area (Å²) < 4.78 is 170. The molecule has 0 aliphatic heterocycles. The van der Waals surface area contributed by atoms with E-state index in [9.17, 15) is 0 Å². The van der Waals surface area contributed by atoms with Gasteiger partial charge in [-0.1, -0.05) is 0 Å². The number of hydrogen-bond donors (Lipinski definition) is 0. The Bertz CT molecular complexity index is 640. The maximum Gasteiger partial charge on any atom is 2.00 e. The summed E-state index contributed by atoms with van der Waals surface area (Å²) >= 11 is 0. The summed E-state index contributed by atoms with van der Waals surface area (Å²) in [6.45, 7) is 0. The average molecular weight is 794 g/mol. The standard InChI is InChI=1S/2Co.2K.2Ni.5H2O4S/c;;;;;;5*1-5(2,3)4/h;;;;;;5*(H2,1,2,3,4)/q2*+2;2*+1;2*+2;;;;;/p-10. The molecule has 0 spiro atoms. The summed E-state index contributed by atoms with van der Waals surface area (Å²) in [7, 11) is -25.8. The third-order valence-electron chi connectivity index (χ3n) is 0. The topological polar surface area (TPSA) is 401 Å². The molecular weight excluding hydrogens is 794 g/mol. The monoisotopic (exact) mass is 791 g/mol. The van der Waals surface area contributed by atoms with E-state index in [0.717, 1.165) is 0 Å². The first-order chi connectivity index (χ1) is 10.0. The van der Waals surface area contributed by atoms with Crippen molar-refractivity contribution in [1.29, 1.82) is 0 Å². The van der Waals surface area contributed by atoms with Crippen LogP contribution in [0.4, 0.5) is 0 Å². The van der Waals surface area contributed by atoms with Crippen LogP contribution >= 0.6 is 0 Å². The fraction of sp³-hybridized carbons (Fsp3) is 0. The Kier molecular flexibility index (Phi) is 74.2. The summed E-state index contributed by atoms with van der Waals surface area (Å²) in [6, 6.07) is 0. The second-order valence-electron chi connectivity index (χ2n) is 2.04. The van der Waals surface area contributed by atoms with Crippen LogP contribution < -0.4 is 103 Å². The first kappa shape index (κ1) is 70.4. The molecule has 0 aromatic rings. The van der Waals surface area contributed by atoms with Gasteiger partial charge in [-0.3, -0.25) is 42.1 Å². The van der Waals surface area contributed by atoms with E-state index in [4.69, 9.17) is 87.6 Å². The van der Waals surface area contributed by atoms with Gasteiger partial charge in [-0.05, 0) is 0 Å². The molecule has 20 nitrogen and oxygen atoms in total. The smallest absolute Gasteiger partial charge is 0.759 e. The minimum Gasteiger partial charge on any atom is -0.759 e. The van der Waals surface area contributed by atoms with Crippen LogP contribution in [0.1, 0.15) is 0 Å². The molecule has 0 bridgehead atoms. The zero-order valence-corrected chi connectivity index (χ0v) is 27.9. The van der Waals surface area contributed by atoms with Crippen molar-refractivity contribution in [2.75, 3.05) is 0 Å². The van der Waals surface area contributed by atoms with Crippen molar-refractivity contribution >= 4 is 52.0 Å². The summed E-state index contributed by atoms with van der Waals surface area (Å²) in [4.78, 5) is 0. The van der Waals surface area contributed by atoms with Gasteiger partial charge in [0.2, 0.25) is 0 Å². The van der Waals surface area contributed by atoms with Gasteiger partial charge in [-0.15, -0.1) is 0 Å². The van der Waals surface area contributed by atoms with Gasteiger partial charge in [-0.25, -0.2) is 0 Å². The summed E-state index contributed by atoms with van der Waals surface area (Å²) in [5.41, 5.74) is 0. The Labute approximate surface area is 302 Å². The van der Waals surface area contributed by atoms with E-state index >= 15 is 0 Å². The van der Waals surface area contributed by atoms with Gasteiger partial charge in [0.25, 0.3) is 0 Å². The van der Waals surface area contributed by atoms with Gasteiger partial charge in [0.1, 0.15) is 0 Å². The maximum absolute atomic E-state index is 8.52. The second kappa shape index (κ2) is 32.7. The molecule has 0 amide bonds. The van der Waals surface area contributed by atoms with E-state index in [-0.39, 0.29) is 169 Å². The largest absolute Gasteiger partial charge is 2.00 e. The predicted molar refractivity (Wildman–Crippen MR) is 52.4 cm³/mol. The van der Waals surface area contributed by atoms with Crippen LogP contribution in [-0.4, -0.2) is 87.6 Å². The van der Waals surface area contributed by atoms with E-state index < -0.39 is 52.0 Å². The fourth-order valence-corrected chi connectivity index (χ4v) is 0. The van der Waals surface area contributed by atoms with Crippen molar-refractivity contribution in [2.24, 2.45) is 0 Å². The molecule has 0 aromatic carbocycles. The number of hydrogen-bond acceptors (Lipinski definition) is 20. The van der Waals surface area contributed by atoms with Crippen LogP contribution in [0.5, 0.6) is 0 Å². The fourth-order valence-electron chi connectivity index (χ4n) is 0. The van der Waals surface area contributed by atoms with Gasteiger partial charge in [0, 0.05) is 52.0 Å². The van der Waals surface area contributed by atoms with E-state index in [1.807, 2.05) is 0 Å². The molecule has 0 aliphatic carbocycles. The molecule has 0 unspecified atom stereocenters. The summed E-state index contributed by atoms with van der Waals surface area (Å²) in [5.74, 6) is 0. The van der Waals surface area contributed by atoms with Crippen molar-refractivity contribution in [3.63, 3.8) is 0 Å². The Morgan fingerprint density at radius 3 is 0.290 bits per heavy atom. The van der Waals surface area contributed by atoms with E-state index in [2.05, 4.69) is 0 Å². The maximum atomic E-state index is 8.52. The van der Waals surface area contributed by atoms with Crippen LogP contribution in [0.15, 0.2) is 0 Å². The second-order valence-corrected chi connectivity index (χ2v) is 6.12. The van der Waals surface area contributed by atoms with Crippen molar-refractivity contribution in [3.8, 4) is 0 Å². The molecule has 0 N–H and O–H groups in total. The van der Waals surface area contributed by atoms with Crippen molar-refractivity contribution < 1.29 is 257 Å². The van der Waals surface area contributed by atoms with Crippen molar-refractivity contribution in [2.45, 2.75) is 0 Å². The molecule has 0 aromatic heterocycles. The van der Waals surface area contributed by atoms with E-state index in [1.165, 1.54) is 0 Å². The van der Waals surface area contributed by atoms with Gasteiger partial charge < -0.3 is 45.5 Å². The van der Waals surface area contributed by atoms with Gasteiger partial charge in [0.15, 0.2) is 0 Å². The molecule has 0 fully saturated rings. The van der Waals surface area contributed by atoms with Crippen molar-refractivity contribution in [3.05, 3.63) is 0 Å². The third-order valence-corrected chi connectivity index (χ3v) is 0. The Morgan fingerprint density at radius 2 is 0.290 bits per heavy atom. The Balaban J connectivity index is -0.0000000171. The zero-order chi connectivity index (χ0) is 22.5. The van der Waals surface area contributed by atoms with Crippen LogP contribution in [-0.2, 0) is 119 Å².